The Morgan fingerprint density at radius 3 is 2.63 bits per heavy atom. The first-order chi connectivity index (χ1) is 8.90. The molecule has 0 saturated carbocycles. The first-order valence-corrected chi connectivity index (χ1v) is 5.05. The van der Waals surface area contributed by atoms with Crippen LogP contribution in [0.1, 0.15) is 11.1 Å². The van der Waals surface area contributed by atoms with Crippen molar-refractivity contribution in [3.63, 3.8) is 0 Å². The minimum absolute atomic E-state index is 0.0262. The summed E-state index contributed by atoms with van der Waals surface area (Å²) in [6, 6.07) is 4.23. The van der Waals surface area contributed by atoms with Gasteiger partial charge in [0.2, 0.25) is 0 Å². The van der Waals surface area contributed by atoms with Crippen molar-refractivity contribution in [2.75, 3.05) is 0 Å². The molecule has 1 aromatic heterocycles. The van der Waals surface area contributed by atoms with E-state index >= 15 is 0 Å². The van der Waals surface area contributed by atoms with Gasteiger partial charge in [-0.2, -0.15) is 23.4 Å². The molecule has 8 heteroatoms. The topological polar surface area (TPSA) is 63.7 Å². The second kappa shape index (κ2) is 4.61. The number of benzene rings is 1. The van der Waals surface area contributed by atoms with Crippen molar-refractivity contribution in [3.8, 4) is 17.8 Å². The average molecular weight is 268 g/mol. The second-order valence-corrected chi connectivity index (χ2v) is 3.62. The van der Waals surface area contributed by atoms with Crippen molar-refractivity contribution >= 4 is 0 Å². The SMILES string of the molecule is Cn1cnc(Oc2ccc(C(F)(F)F)cc2C#N)n1. The number of rotatable bonds is 2. The van der Waals surface area contributed by atoms with Crippen molar-refractivity contribution in [3.05, 3.63) is 35.7 Å². The maximum absolute atomic E-state index is 12.5. The maximum Gasteiger partial charge on any atom is 0.416 e. The Morgan fingerprint density at radius 2 is 2.11 bits per heavy atom. The van der Waals surface area contributed by atoms with Crippen molar-refractivity contribution in [1.29, 1.82) is 5.26 Å². The summed E-state index contributed by atoms with van der Waals surface area (Å²) < 4.78 is 44.0. The van der Waals surface area contributed by atoms with Crippen LogP contribution in [0.3, 0.4) is 0 Å². The van der Waals surface area contributed by atoms with Crippen molar-refractivity contribution in [2.45, 2.75) is 6.18 Å². The van der Waals surface area contributed by atoms with Gasteiger partial charge in [0, 0.05) is 7.05 Å². The minimum atomic E-state index is -4.51. The predicted molar refractivity (Wildman–Crippen MR) is 57.2 cm³/mol. The molecule has 0 radical (unpaired) electrons. The normalized spacial score (nSPS) is 11.1. The first-order valence-electron chi connectivity index (χ1n) is 5.05. The van der Waals surface area contributed by atoms with E-state index in [1.54, 1.807) is 13.1 Å². The van der Waals surface area contributed by atoms with Crippen LogP contribution in [-0.2, 0) is 13.2 Å². The van der Waals surface area contributed by atoms with Gasteiger partial charge in [-0.25, -0.2) is 0 Å². The molecule has 1 aromatic carbocycles. The molecule has 0 saturated heterocycles. The van der Waals surface area contributed by atoms with E-state index in [2.05, 4.69) is 10.1 Å². The molecule has 98 valence electrons. The lowest BCUT2D eigenvalue weighted by molar-refractivity contribution is -0.137. The summed E-state index contributed by atoms with van der Waals surface area (Å²) in [7, 11) is 1.61. The summed E-state index contributed by atoms with van der Waals surface area (Å²) in [6.07, 6.45) is -3.14. The number of nitrogens with zero attached hydrogens (tertiary/aromatic N) is 4. The standard InChI is InChI=1S/C11H7F3N4O/c1-18-6-16-10(17-18)19-9-3-2-8(11(12,13)14)4-7(9)5-15/h2-4,6H,1H3. The van der Waals surface area contributed by atoms with E-state index in [-0.39, 0.29) is 17.3 Å². The van der Waals surface area contributed by atoms with E-state index in [1.807, 2.05) is 0 Å². The third-order valence-corrected chi connectivity index (χ3v) is 2.21. The fraction of sp³-hybridized carbons (Fsp3) is 0.182. The van der Waals surface area contributed by atoms with Gasteiger partial charge in [0.1, 0.15) is 18.1 Å². The zero-order chi connectivity index (χ0) is 14.0. The lowest BCUT2D eigenvalue weighted by Gasteiger charge is -2.09. The first kappa shape index (κ1) is 12.9. The molecule has 0 amide bonds. The van der Waals surface area contributed by atoms with Gasteiger partial charge in [0.15, 0.2) is 0 Å². The van der Waals surface area contributed by atoms with Crippen LogP contribution in [0.4, 0.5) is 13.2 Å². The zero-order valence-electron chi connectivity index (χ0n) is 9.64. The van der Waals surface area contributed by atoms with Crippen LogP contribution < -0.4 is 4.74 Å². The highest BCUT2D eigenvalue weighted by atomic mass is 19.4. The fourth-order valence-electron chi connectivity index (χ4n) is 1.35. The fourth-order valence-corrected chi connectivity index (χ4v) is 1.35. The van der Waals surface area contributed by atoms with Crippen molar-refractivity contribution in [2.24, 2.45) is 7.05 Å². The van der Waals surface area contributed by atoms with Gasteiger partial charge in [0.05, 0.1) is 11.1 Å². The highest BCUT2D eigenvalue weighted by molar-refractivity contribution is 5.47. The van der Waals surface area contributed by atoms with Crippen LogP contribution in [0.2, 0.25) is 0 Å². The molecule has 2 aromatic rings. The Balaban J connectivity index is 2.34. The molecule has 0 N–H and O–H groups in total. The van der Waals surface area contributed by atoms with Gasteiger partial charge >= 0.3 is 12.2 Å². The Labute approximate surface area is 105 Å². The summed E-state index contributed by atoms with van der Waals surface area (Å²) in [6.45, 7) is 0. The Kier molecular flexibility index (Phi) is 3.12. The van der Waals surface area contributed by atoms with Gasteiger partial charge in [-0.3, -0.25) is 4.68 Å². The van der Waals surface area contributed by atoms with Crippen LogP contribution in [0.5, 0.6) is 11.8 Å². The lowest BCUT2D eigenvalue weighted by atomic mass is 10.1. The Morgan fingerprint density at radius 1 is 1.37 bits per heavy atom. The summed E-state index contributed by atoms with van der Waals surface area (Å²) in [4.78, 5) is 3.76. The van der Waals surface area contributed by atoms with E-state index in [0.717, 1.165) is 18.2 Å². The van der Waals surface area contributed by atoms with E-state index < -0.39 is 11.7 Å². The number of hydrogen-bond acceptors (Lipinski definition) is 4. The Hall–Kier alpha value is -2.56. The van der Waals surface area contributed by atoms with Gasteiger partial charge in [0.25, 0.3) is 0 Å². The summed E-state index contributed by atoms with van der Waals surface area (Å²) >= 11 is 0. The smallest absolute Gasteiger partial charge is 0.416 e. The van der Waals surface area contributed by atoms with Gasteiger partial charge in [-0.05, 0) is 18.2 Å². The molecule has 5 nitrogen and oxygen atoms in total. The molecule has 0 fully saturated rings. The zero-order valence-corrected chi connectivity index (χ0v) is 9.64. The third-order valence-electron chi connectivity index (χ3n) is 2.21. The van der Waals surface area contributed by atoms with Crippen LogP contribution in [-0.4, -0.2) is 14.8 Å². The van der Waals surface area contributed by atoms with E-state index in [1.165, 1.54) is 11.0 Å². The summed E-state index contributed by atoms with van der Waals surface area (Å²) in [5.41, 5.74) is -1.15. The second-order valence-electron chi connectivity index (χ2n) is 3.62. The molecule has 0 atom stereocenters. The van der Waals surface area contributed by atoms with Gasteiger partial charge < -0.3 is 4.74 Å². The van der Waals surface area contributed by atoms with Gasteiger partial charge in [-0.15, -0.1) is 5.10 Å². The minimum Gasteiger partial charge on any atom is -0.422 e. The van der Waals surface area contributed by atoms with E-state index in [0.29, 0.717) is 0 Å². The number of aryl methyl sites for hydroxylation is 1. The molecular weight excluding hydrogens is 261 g/mol. The van der Waals surface area contributed by atoms with E-state index in [9.17, 15) is 13.2 Å². The van der Waals surface area contributed by atoms with Crippen molar-refractivity contribution < 1.29 is 17.9 Å². The molecule has 0 bridgehead atoms. The number of alkyl halides is 3. The number of nitriles is 1. The molecule has 0 aliphatic rings. The van der Waals surface area contributed by atoms with E-state index in [4.69, 9.17) is 10.00 Å². The molecule has 1 heterocycles. The van der Waals surface area contributed by atoms with Crippen LogP contribution in [0.15, 0.2) is 24.5 Å². The average Bonchev–Trinajstić information content (AvgIpc) is 2.74. The van der Waals surface area contributed by atoms with Crippen molar-refractivity contribution in [1.82, 2.24) is 14.8 Å². The molecule has 0 spiro atoms. The summed E-state index contributed by atoms with van der Waals surface area (Å²) in [5, 5.41) is 12.7. The quantitative estimate of drug-likeness (QED) is 0.839. The third kappa shape index (κ3) is 2.82. The summed E-state index contributed by atoms with van der Waals surface area (Å²) in [5.74, 6) is -0.0262. The highest BCUT2D eigenvalue weighted by Crippen LogP contribution is 2.33. The number of aromatic nitrogens is 3. The van der Waals surface area contributed by atoms with Crippen LogP contribution >= 0.6 is 0 Å². The lowest BCUT2D eigenvalue weighted by Crippen LogP contribution is -2.05. The van der Waals surface area contributed by atoms with Gasteiger partial charge in [-0.1, -0.05) is 0 Å². The Bertz CT molecular complexity index is 642. The molecule has 0 aliphatic carbocycles. The number of halogens is 3. The monoisotopic (exact) mass is 268 g/mol. The molecule has 0 aliphatic heterocycles. The number of ether oxygens (including phenoxy) is 1. The molecule has 0 unspecified atom stereocenters. The van der Waals surface area contributed by atoms with Crippen LogP contribution in [0, 0.1) is 11.3 Å². The maximum atomic E-state index is 12.5. The predicted octanol–water partition coefficient (Wildman–Crippen LogP) is 2.50. The largest absolute Gasteiger partial charge is 0.422 e. The molecule has 2 rings (SSSR count). The highest BCUT2D eigenvalue weighted by Gasteiger charge is 2.31. The van der Waals surface area contributed by atoms with Crippen LogP contribution in [0.25, 0.3) is 0 Å². The molecular formula is C11H7F3N4O. The molecule has 19 heavy (non-hydrogen) atoms. The number of hydrogen-bond donors (Lipinski definition) is 0.